The number of carbonyl (C=O) groups is 2. The van der Waals surface area contributed by atoms with E-state index in [1.807, 2.05) is 42.5 Å². The number of carbonyl (C=O) groups excluding carboxylic acids is 2. The lowest BCUT2D eigenvalue weighted by Gasteiger charge is -2.34. The molecule has 0 saturated heterocycles. The molecule has 3 rings (SSSR count). The lowest BCUT2D eigenvalue weighted by atomic mass is 10.1. The molecule has 7 heteroatoms. The van der Waals surface area contributed by atoms with Gasteiger partial charge < -0.3 is 19.2 Å². The van der Waals surface area contributed by atoms with E-state index in [1.165, 1.54) is 0 Å². The van der Waals surface area contributed by atoms with Crippen LogP contribution in [-0.2, 0) is 29.1 Å². The Morgan fingerprint density at radius 2 is 2.20 bits per heavy atom. The molecule has 1 aliphatic rings. The number of rotatable bonds is 5. The molecule has 0 saturated carbocycles. The lowest BCUT2D eigenvalue weighted by Crippen LogP contribution is -2.42. The highest BCUT2D eigenvalue weighted by Crippen LogP contribution is 2.26. The summed E-state index contributed by atoms with van der Waals surface area (Å²) < 4.78 is 7.24. The fourth-order valence-corrected chi connectivity index (χ4v) is 3.09. The number of hydrogen-bond donors (Lipinski definition) is 1. The number of fused-ring (bicyclic) bond motifs is 1. The van der Waals surface area contributed by atoms with Gasteiger partial charge in [-0.1, -0.05) is 13.8 Å². The summed E-state index contributed by atoms with van der Waals surface area (Å²) in [6.07, 6.45) is 3.71. The molecule has 1 atom stereocenters. The molecule has 0 aromatic carbocycles. The topological polar surface area (TPSA) is 80.4 Å². The van der Waals surface area contributed by atoms with E-state index < -0.39 is 0 Å². The Morgan fingerprint density at radius 3 is 2.88 bits per heavy atom. The van der Waals surface area contributed by atoms with E-state index in [1.54, 1.807) is 12.3 Å². The third kappa shape index (κ3) is 3.75. The van der Waals surface area contributed by atoms with Crippen molar-refractivity contribution in [3.05, 3.63) is 41.9 Å². The van der Waals surface area contributed by atoms with Gasteiger partial charge in [0.25, 0.3) is 0 Å². The van der Waals surface area contributed by atoms with Crippen LogP contribution in [0.3, 0.4) is 0 Å². The molecule has 0 fully saturated rings. The van der Waals surface area contributed by atoms with Crippen LogP contribution in [0, 0.1) is 5.92 Å². The van der Waals surface area contributed by atoms with Gasteiger partial charge in [0.05, 0.1) is 31.0 Å². The second-order valence-corrected chi connectivity index (χ2v) is 6.68. The van der Waals surface area contributed by atoms with E-state index >= 15 is 0 Å². The fourth-order valence-electron chi connectivity index (χ4n) is 3.09. The van der Waals surface area contributed by atoms with Crippen LogP contribution >= 0.6 is 0 Å². The van der Waals surface area contributed by atoms with Gasteiger partial charge in [0.1, 0.15) is 11.6 Å². The Balaban J connectivity index is 1.63. The van der Waals surface area contributed by atoms with Crippen LogP contribution in [0.15, 0.2) is 29.0 Å². The molecule has 0 bridgehead atoms. The smallest absolute Gasteiger partial charge is 0.226 e. The number of nitrogens with one attached hydrogen (secondary N) is 1. The number of nitrogens with zero attached hydrogens (tertiary/aromatic N) is 3. The summed E-state index contributed by atoms with van der Waals surface area (Å²) in [5, 5.41) is 2.82. The maximum Gasteiger partial charge on any atom is 0.226 e. The average Bonchev–Trinajstić information content (AvgIpc) is 3.22. The van der Waals surface area contributed by atoms with Crippen LogP contribution in [0.1, 0.15) is 44.1 Å². The van der Waals surface area contributed by atoms with Crippen molar-refractivity contribution in [3.8, 4) is 0 Å². The Morgan fingerprint density at radius 1 is 1.40 bits per heavy atom. The Kier molecular flexibility index (Phi) is 4.92. The maximum atomic E-state index is 12.3. The van der Waals surface area contributed by atoms with E-state index in [9.17, 15) is 9.59 Å². The zero-order chi connectivity index (χ0) is 18.0. The number of aromatic nitrogens is 2. The van der Waals surface area contributed by atoms with Gasteiger partial charge in [-0.3, -0.25) is 9.59 Å². The third-order valence-electron chi connectivity index (χ3n) is 4.44. The molecule has 1 unspecified atom stereocenters. The largest absolute Gasteiger partial charge is 0.467 e. The summed E-state index contributed by atoms with van der Waals surface area (Å²) in [6, 6.07) is 3.53. The Hall–Kier alpha value is -2.57. The van der Waals surface area contributed by atoms with Crippen LogP contribution in [-0.4, -0.2) is 32.8 Å². The zero-order valence-electron chi connectivity index (χ0n) is 14.9. The molecule has 3 heterocycles. The number of amides is 2. The quantitative estimate of drug-likeness (QED) is 0.898. The van der Waals surface area contributed by atoms with E-state index in [2.05, 4.69) is 10.3 Å². The van der Waals surface area contributed by atoms with E-state index in [-0.39, 0.29) is 30.2 Å². The summed E-state index contributed by atoms with van der Waals surface area (Å²) >= 11 is 0. The molecule has 7 nitrogen and oxygen atoms in total. The van der Waals surface area contributed by atoms with Gasteiger partial charge in [-0.05, 0) is 19.1 Å². The SMILES string of the molecule is CC(C)C(=O)N1CCn2cc(CC(=O)NCc3ccco3)nc2C1C. The van der Waals surface area contributed by atoms with Crippen LogP contribution in [0.5, 0.6) is 0 Å². The second kappa shape index (κ2) is 7.13. The van der Waals surface area contributed by atoms with Gasteiger partial charge in [0.15, 0.2) is 0 Å². The van der Waals surface area contributed by atoms with Crippen molar-refractivity contribution in [1.29, 1.82) is 0 Å². The summed E-state index contributed by atoms with van der Waals surface area (Å²) in [5.74, 6) is 1.56. The minimum Gasteiger partial charge on any atom is -0.467 e. The van der Waals surface area contributed by atoms with Crippen LogP contribution < -0.4 is 5.32 Å². The number of furan rings is 1. The highest BCUT2D eigenvalue weighted by Gasteiger charge is 2.30. The summed E-state index contributed by atoms with van der Waals surface area (Å²) in [5.41, 5.74) is 0.720. The Labute approximate surface area is 147 Å². The molecular weight excluding hydrogens is 320 g/mol. The third-order valence-corrected chi connectivity index (χ3v) is 4.44. The van der Waals surface area contributed by atoms with Crippen LogP contribution in [0.2, 0.25) is 0 Å². The van der Waals surface area contributed by atoms with Gasteiger partial charge in [-0.15, -0.1) is 0 Å². The molecule has 1 N–H and O–H groups in total. The van der Waals surface area contributed by atoms with Crippen LogP contribution in [0.25, 0.3) is 0 Å². The normalized spacial score (nSPS) is 16.8. The van der Waals surface area contributed by atoms with Gasteiger partial charge >= 0.3 is 0 Å². The van der Waals surface area contributed by atoms with E-state index in [0.29, 0.717) is 25.4 Å². The van der Waals surface area contributed by atoms with Crippen molar-refractivity contribution in [3.63, 3.8) is 0 Å². The zero-order valence-corrected chi connectivity index (χ0v) is 14.9. The van der Waals surface area contributed by atoms with Crippen molar-refractivity contribution in [2.45, 2.75) is 46.3 Å². The van der Waals surface area contributed by atoms with E-state index in [4.69, 9.17) is 4.42 Å². The Bertz CT molecular complexity index is 748. The van der Waals surface area contributed by atoms with Gasteiger partial charge in [0.2, 0.25) is 11.8 Å². The van der Waals surface area contributed by atoms with Crippen molar-refractivity contribution >= 4 is 11.8 Å². The molecule has 1 aliphatic heterocycles. The molecule has 0 spiro atoms. The molecule has 2 aromatic heterocycles. The van der Waals surface area contributed by atoms with E-state index in [0.717, 1.165) is 11.5 Å². The maximum absolute atomic E-state index is 12.3. The first kappa shape index (κ1) is 17.3. The first-order valence-electron chi connectivity index (χ1n) is 8.61. The average molecular weight is 344 g/mol. The summed E-state index contributed by atoms with van der Waals surface area (Å²) in [4.78, 5) is 30.9. The first-order chi connectivity index (χ1) is 12.0. The van der Waals surface area contributed by atoms with Crippen LogP contribution in [0.4, 0.5) is 0 Å². The molecule has 0 radical (unpaired) electrons. The van der Waals surface area contributed by atoms with Crippen molar-refractivity contribution in [2.75, 3.05) is 6.54 Å². The predicted molar refractivity (Wildman–Crippen MR) is 91.5 cm³/mol. The highest BCUT2D eigenvalue weighted by atomic mass is 16.3. The first-order valence-corrected chi connectivity index (χ1v) is 8.61. The molecule has 2 aromatic rings. The van der Waals surface area contributed by atoms with Crippen molar-refractivity contribution in [1.82, 2.24) is 19.8 Å². The molecule has 134 valence electrons. The molecule has 25 heavy (non-hydrogen) atoms. The monoisotopic (exact) mass is 344 g/mol. The fraction of sp³-hybridized carbons (Fsp3) is 0.500. The van der Waals surface area contributed by atoms with Gasteiger partial charge in [-0.25, -0.2) is 4.98 Å². The van der Waals surface area contributed by atoms with Crippen molar-refractivity contribution < 1.29 is 14.0 Å². The standard InChI is InChI=1S/C18H24N4O3/c1-12(2)18(24)22-7-6-21-11-14(20-17(21)13(22)3)9-16(23)19-10-15-5-4-8-25-15/h4-5,8,11-13H,6-7,9-10H2,1-3H3,(H,19,23). The second-order valence-electron chi connectivity index (χ2n) is 6.68. The highest BCUT2D eigenvalue weighted by molar-refractivity contribution is 5.79. The summed E-state index contributed by atoms with van der Waals surface area (Å²) in [7, 11) is 0. The minimum atomic E-state index is -0.102. The van der Waals surface area contributed by atoms with Gasteiger partial charge in [-0.2, -0.15) is 0 Å². The van der Waals surface area contributed by atoms with Gasteiger partial charge in [0, 0.05) is 25.2 Å². The van der Waals surface area contributed by atoms with Crippen molar-refractivity contribution in [2.24, 2.45) is 5.92 Å². The molecule has 2 amide bonds. The molecular formula is C18H24N4O3. The lowest BCUT2D eigenvalue weighted by molar-refractivity contribution is -0.137. The predicted octanol–water partition coefficient (Wildman–Crippen LogP) is 1.89. The minimum absolute atomic E-state index is 0.0317. The number of hydrogen-bond acceptors (Lipinski definition) is 4. The molecule has 0 aliphatic carbocycles. The number of imidazole rings is 1. The summed E-state index contributed by atoms with van der Waals surface area (Å²) in [6.45, 7) is 7.55.